The molecule has 3 aromatic heterocycles. The van der Waals surface area contributed by atoms with Crippen LogP contribution in [0.4, 0.5) is 0 Å². The first-order chi connectivity index (χ1) is 33.7. The zero-order valence-corrected chi connectivity index (χ0v) is 36.7. The minimum Gasteiger partial charge on any atom is -0.279 e. The lowest BCUT2D eigenvalue weighted by molar-refractivity contribution is 0.633. The van der Waals surface area contributed by atoms with Gasteiger partial charge in [-0.25, -0.2) is 9.97 Å². The molecule has 0 saturated heterocycles. The van der Waals surface area contributed by atoms with Gasteiger partial charge in [0, 0.05) is 16.2 Å². The summed E-state index contributed by atoms with van der Waals surface area (Å²) in [5, 5.41) is 3.38. The van der Waals surface area contributed by atoms with E-state index < -0.39 is 10.8 Å². The zero-order valence-electron chi connectivity index (χ0n) is 36.7. The van der Waals surface area contributed by atoms with E-state index in [0.29, 0.717) is 0 Å². The van der Waals surface area contributed by atoms with Gasteiger partial charge in [0.05, 0.1) is 38.4 Å². The number of imidazole rings is 1. The molecule has 0 radical (unpaired) electrons. The van der Waals surface area contributed by atoms with Crippen LogP contribution in [0.3, 0.4) is 0 Å². The van der Waals surface area contributed by atoms with Gasteiger partial charge in [-0.3, -0.25) is 8.97 Å². The minimum absolute atomic E-state index is 0.525. The number of nitrogens with zero attached hydrogens (tertiary/aromatic N) is 4. The molecule has 0 atom stereocenters. The molecule has 68 heavy (non-hydrogen) atoms. The number of benzene rings is 10. The first-order valence-corrected chi connectivity index (χ1v) is 23.6. The molecule has 0 fully saturated rings. The van der Waals surface area contributed by atoms with Gasteiger partial charge in [0.15, 0.2) is 0 Å². The van der Waals surface area contributed by atoms with Crippen molar-refractivity contribution in [1.82, 2.24) is 18.9 Å². The zero-order chi connectivity index (χ0) is 44.3. The Labute approximate surface area is 391 Å². The number of aromatic nitrogens is 4. The highest BCUT2D eigenvalue weighted by Crippen LogP contribution is 2.67. The van der Waals surface area contributed by atoms with Crippen molar-refractivity contribution >= 4 is 49.4 Å². The molecule has 3 aliphatic carbocycles. The summed E-state index contributed by atoms with van der Waals surface area (Å²) in [6.45, 7) is 0. The third kappa shape index (κ3) is 4.28. The maximum Gasteiger partial charge on any atom is 0.221 e. The van der Waals surface area contributed by atoms with E-state index in [2.05, 4.69) is 239 Å². The van der Waals surface area contributed by atoms with Crippen LogP contribution in [0.25, 0.3) is 88.7 Å². The smallest absolute Gasteiger partial charge is 0.221 e. The van der Waals surface area contributed by atoms with Gasteiger partial charge in [-0.15, -0.1) is 0 Å². The molecule has 16 rings (SSSR count). The van der Waals surface area contributed by atoms with Gasteiger partial charge in [0.25, 0.3) is 0 Å². The molecule has 0 unspecified atom stereocenters. The fourth-order valence-electron chi connectivity index (χ4n) is 13.3. The summed E-state index contributed by atoms with van der Waals surface area (Å²) in [5.74, 6) is 0.821. The lowest BCUT2D eigenvalue weighted by Gasteiger charge is -2.49. The summed E-state index contributed by atoms with van der Waals surface area (Å²) in [5.41, 5.74) is 23.2. The van der Waals surface area contributed by atoms with Gasteiger partial charge >= 0.3 is 0 Å². The molecule has 4 nitrogen and oxygen atoms in total. The second-order valence-electron chi connectivity index (χ2n) is 18.8. The van der Waals surface area contributed by atoms with Crippen molar-refractivity contribution in [2.24, 2.45) is 0 Å². The number of para-hydroxylation sites is 4. The number of fused-ring (bicyclic) bond motifs is 24. The highest BCUT2D eigenvalue weighted by molar-refractivity contribution is 6.11. The van der Waals surface area contributed by atoms with Crippen LogP contribution in [-0.4, -0.2) is 18.9 Å². The topological polar surface area (TPSA) is 35.1 Å². The molecule has 0 saturated carbocycles. The molecule has 0 bridgehead atoms. The first kappa shape index (κ1) is 36.4. The Morgan fingerprint density at radius 1 is 0.294 bits per heavy atom. The van der Waals surface area contributed by atoms with Crippen molar-refractivity contribution in [3.05, 3.63) is 275 Å². The van der Waals surface area contributed by atoms with Gasteiger partial charge in [-0.1, -0.05) is 182 Å². The number of hydrogen-bond acceptors (Lipinski definition) is 2. The number of hydrogen-bond donors (Lipinski definition) is 0. The van der Waals surface area contributed by atoms with Gasteiger partial charge in [0.2, 0.25) is 5.95 Å². The van der Waals surface area contributed by atoms with Crippen molar-refractivity contribution in [3.8, 4) is 39.3 Å². The molecular weight excluding hydrogens is 825 g/mol. The molecule has 314 valence electrons. The molecule has 13 aromatic rings. The Morgan fingerprint density at radius 3 is 1.37 bits per heavy atom. The average Bonchev–Trinajstić information content (AvgIpc) is 4.13. The van der Waals surface area contributed by atoms with Crippen LogP contribution in [0.2, 0.25) is 0 Å². The largest absolute Gasteiger partial charge is 0.279 e. The molecule has 0 aliphatic heterocycles. The number of rotatable bonds is 2. The SMILES string of the molecule is c1ccc2c(c1)-c1ccccc1C21c2ccccc2C2(c3ccccc3-c3ccccc32)c2cc(-c3ccc4c(c3)c3ccccc3n4-c3nc4ccccc4c4nc5ccccc5n34)ccc21. The van der Waals surface area contributed by atoms with E-state index in [1.165, 1.54) is 88.7 Å². The molecule has 0 N–H and O–H groups in total. The normalized spacial score (nSPS) is 14.4. The standard InChI is InChI=1S/C64H38N4/c1-7-23-48-41(17-1)42-18-2-8-24-49(42)63(48)52-27-11-12-28-53(52)64(50-25-9-3-19-43(50)44-20-4-10-26-51(44)64)55-38-40(33-35-54(55)63)39-34-36-59-47(37-39)45-21-6-15-31-58(45)67(59)62-66-56-29-13-5-22-46(56)61-65-57-30-14-16-32-60(57)68(61)62/h1-38H. The van der Waals surface area contributed by atoms with Crippen molar-refractivity contribution in [3.63, 3.8) is 0 Å². The molecule has 2 spiro atoms. The summed E-state index contributed by atoms with van der Waals surface area (Å²) < 4.78 is 4.58. The molecular formula is C64H38N4. The summed E-state index contributed by atoms with van der Waals surface area (Å²) >= 11 is 0. The second kappa shape index (κ2) is 12.9. The maximum atomic E-state index is 5.45. The van der Waals surface area contributed by atoms with Crippen molar-refractivity contribution in [1.29, 1.82) is 0 Å². The summed E-state index contributed by atoms with van der Waals surface area (Å²) in [6.07, 6.45) is 0. The van der Waals surface area contributed by atoms with E-state index in [0.717, 1.165) is 44.6 Å². The van der Waals surface area contributed by atoms with Gasteiger partial charge in [-0.05, 0) is 126 Å². The Morgan fingerprint density at radius 2 is 0.735 bits per heavy atom. The Hall–Kier alpha value is -8.86. The quantitative estimate of drug-likeness (QED) is 0.174. The van der Waals surface area contributed by atoms with E-state index in [1.54, 1.807) is 0 Å². The van der Waals surface area contributed by atoms with E-state index in [9.17, 15) is 0 Å². The predicted molar refractivity (Wildman–Crippen MR) is 276 cm³/mol. The molecule has 0 amide bonds. The van der Waals surface area contributed by atoms with E-state index in [-0.39, 0.29) is 0 Å². The van der Waals surface area contributed by atoms with Crippen molar-refractivity contribution in [2.45, 2.75) is 10.8 Å². The fourth-order valence-corrected chi connectivity index (χ4v) is 13.3. The third-order valence-electron chi connectivity index (χ3n) is 15.8. The van der Waals surface area contributed by atoms with Crippen molar-refractivity contribution in [2.75, 3.05) is 0 Å². The van der Waals surface area contributed by atoms with Crippen LogP contribution >= 0.6 is 0 Å². The lowest BCUT2D eigenvalue weighted by Crippen LogP contribution is -2.43. The molecule has 3 heterocycles. The summed E-state index contributed by atoms with van der Waals surface area (Å²) in [6, 6.07) is 85.9. The third-order valence-corrected chi connectivity index (χ3v) is 15.8. The highest BCUT2D eigenvalue weighted by atomic mass is 15.2. The van der Waals surface area contributed by atoms with Crippen LogP contribution in [0.5, 0.6) is 0 Å². The monoisotopic (exact) mass is 862 g/mol. The lowest BCUT2D eigenvalue weighted by atomic mass is 9.52. The second-order valence-corrected chi connectivity index (χ2v) is 18.8. The van der Waals surface area contributed by atoms with E-state index in [4.69, 9.17) is 9.97 Å². The van der Waals surface area contributed by atoms with Crippen LogP contribution in [0.1, 0.15) is 44.5 Å². The predicted octanol–water partition coefficient (Wildman–Crippen LogP) is 14.8. The minimum atomic E-state index is -0.562. The maximum absolute atomic E-state index is 5.45. The highest BCUT2D eigenvalue weighted by Gasteiger charge is 2.59. The van der Waals surface area contributed by atoms with E-state index in [1.807, 2.05) is 0 Å². The van der Waals surface area contributed by atoms with Crippen LogP contribution < -0.4 is 0 Å². The van der Waals surface area contributed by atoms with E-state index >= 15 is 0 Å². The first-order valence-electron chi connectivity index (χ1n) is 23.6. The Kier molecular flexibility index (Phi) is 6.92. The molecule has 4 heteroatoms. The van der Waals surface area contributed by atoms with Gasteiger partial charge in [-0.2, -0.15) is 0 Å². The van der Waals surface area contributed by atoms with Crippen LogP contribution in [0.15, 0.2) is 231 Å². The Bertz CT molecular complexity index is 4260. The van der Waals surface area contributed by atoms with Gasteiger partial charge in [0.1, 0.15) is 5.65 Å². The molecule has 10 aromatic carbocycles. The summed E-state index contributed by atoms with van der Waals surface area (Å²) in [4.78, 5) is 10.6. The van der Waals surface area contributed by atoms with Crippen molar-refractivity contribution < 1.29 is 0 Å². The van der Waals surface area contributed by atoms with Crippen LogP contribution in [-0.2, 0) is 10.8 Å². The van der Waals surface area contributed by atoms with Crippen LogP contribution in [0, 0.1) is 0 Å². The van der Waals surface area contributed by atoms with Gasteiger partial charge < -0.3 is 0 Å². The average molecular weight is 863 g/mol. The summed E-state index contributed by atoms with van der Waals surface area (Å²) in [7, 11) is 0. The molecule has 3 aliphatic rings. The fraction of sp³-hybridized carbons (Fsp3) is 0.0312. The Balaban J connectivity index is 0.999.